The van der Waals surface area contributed by atoms with Gasteiger partial charge in [-0.15, -0.1) is 0 Å². The van der Waals surface area contributed by atoms with Crippen LogP contribution in [0.25, 0.3) is 0 Å². The molecule has 2 unspecified atom stereocenters. The van der Waals surface area contributed by atoms with Crippen molar-refractivity contribution >= 4 is 17.5 Å². The van der Waals surface area contributed by atoms with Crippen molar-refractivity contribution in [2.75, 3.05) is 19.8 Å². The van der Waals surface area contributed by atoms with Crippen molar-refractivity contribution in [1.29, 1.82) is 0 Å². The first-order chi connectivity index (χ1) is 14.0. The molecule has 1 aliphatic heterocycles. The second kappa shape index (κ2) is 10.1. The second-order valence-corrected chi connectivity index (χ2v) is 8.04. The number of hydrogen-bond acceptors (Lipinski definition) is 4. The Hall–Kier alpha value is -2.08. The highest BCUT2D eigenvalue weighted by molar-refractivity contribution is 6.30. The van der Waals surface area contributed by atoms with Gasteiger partial charge in [-0.1, -0.05) is 41.9 Å². The summed E-state index contributed by atoms with van der Waals surface area (Å²) in [4.78, 5) is 12.6. The van der Waals surface area contributed by atoms with Crippen LogP contribution in [0.4, 0.5) is 0 Å². The lowest BCUT2D eigenvalue weighted by atomic mass is 9.88. The molecule has 5 nitrogen and oxygen atoms in total. The average molecular weight is 417 g/mol. The van der Waals surface area contributed by atoms with Gasteiger partial charge in [0.2, 0.25) is 0 Å². The van der Waals surface area contributed by atoms with Crippen LogP contribution in [0.3, 0.4) is 0 Å². The molecule has 0 saturated carbocycles. The first-order valence-electron chi connectivity index (χ1n) is 10.1. The average Bonchev–Trinajstić information content (AvgIpc) is 2.75. The van der Waals surface area contributed by atoms with E-state index in [4.69, 9.17) is 21.1 Å². The zero-order chi connectivity index (χ0) is 20.7. The Morgan fingerprint density at radius 2 is 1.76 bits per heavy atom. The molecule has 29 heavy (non-hydrogen) atoms. The van der Waals surface area contributed by atoms with Gasteiger partial charge in [-0.3, -0.25) is 4.79 Å². The van der Waals surface area contributed by atoms with E-state index in [1.807, 2.05) is 18.2 Å². The molecule has 156 valence electrons. The number of hydrogen-bond donors (Lipinski definition) is 2. The third-order valence-corrected chi connectivity index (χ3v) is 5.62. The van der Waals surface area contributed by atoms with E-state index >= 15 is 0 Å². The first kappa shape index (κ1) is 21.6. The summed E-state index contributed by atoms with van der Waals surface area (Å²) in [5.41, 5.74) is 1.02. The number of halogens is 1. The van der Waals surface area contributed by atoms with Crippen LogP contribution >= 0.6 is 11.6 Å². The Kier molecular flexibility index (Phi) is 7.53. The molecule has 1 aliphatic rings. The van der Waals surface area contributed by atoms with Crippen molar-refractivity contribution in [2.24, 2.45) is 0 Å². The Bertz CT molecular complexity index is 776. The van der Waals surface area contributed by atoms with Crippen LogP contribution in [0, 0.1) is 0 Å². The summed E-state index contributed by atoms with van der Waals surface area (Å²) in [5, 5.41) is 7.46. The van der Waals surface area contributed by atoms with Crippen molar-refractivity contribution in [3.63, 3.8) is 0 Å². The molecule has 0 aliphatic carbocycles. The van der Waals surface area contributed by atoms with E-state index in [0.717, 1.165) is 12.8 Å². The van der Waals surface area contributed by atoms with Gasteiger partial charge in [0.25, 0.3) is 5.91 Å². The second-order valence-electron chi connectivity index (χ2n) is 7.60. The summed E-state index contributed by atoms with van der Waals surface area (Å²) in [6.45, 7) is 5.80. The van der Waals surface area contributed by atoms with E-state index in [9.17, 15) is 4.79 Å². The summed E-state index contributed by atoms with van der Waals surface area (Å²) in [7, 11) is 0. The van der Waals surface area contributed by atoms with Gasteiger partial charge in [-0.25, -0.2) is 0 Å². The number of benzene rings is 2. The van der Waals surface area contributed by atoms with Gasteiger partial charge in [0, 0.05) is 36.4 Å². The fraction of sp³-hybridized carbons (Fsp3) is 0.435. The van der Waals surface area contributed by atoms with E-state index in [1.165, 1.54) is 5.56 Å². The maximum atomic E-state index is 12.6. The molecule has 0 aromatic heterocycles. The molecule has 1 fully saturated rings. The van der Waals surface area contributed by atoms with Gasteiger partial charge in [0.15, 0.2) is 6.10 Å². The Balaban J connectivity index is 1.59. The van der Waals surface area contributed by atoms with Gasteiger partial charge >= 0.3 is 0 Å². The molecule has 2 atom stereocenters. The van der Waals surface area contributed by atoms with Crippen LogP contribution in [-0.2, 0) is 9.53 Å². The third kappa shape index (κ3) is 6.20. The van der Waals surface area contributed by atoms with Crippen molar-refractivity contribution < 1.29 is 14.3 Å². The summed E-state index contributed by atoms with van der Waals surface area (Å²) in [6.07, 6.45) is 1.09. The van der Waals surface area contributed by atoms with E-state index in [-0.39, 0.29) is 17.5 Å². The Morgan fingerprint density at radius 3 is 2.41 bits per heavy atom. The van der Waals surface area contributed by atoms with Gasteiger partial charge in [0.05, 0.1) is 0 Å². The fourth-order valence-electron chi connectivity index (χ4n) is 3.59. The Labute approximate surface area is 177 Å². The molecule has 0 bridgehead atoms. The molecule has 1 amide bonds. The monoisotopic (exact) mass is 416 g/mol. The van der Waals surface area contributed by atoms with Crippen LogP contribution in [0.5, 0.6) is 5.75 Å². The highest BCUT2D eigenvalue weighted by Gasteiger charge is 2.34. The largest absolute Gasteiger partial charge is 0.481 e. The molecule has 1 heterocycles. The van der Waals surface area contributed by atoms with Crippen LogP contribution in [-0.4, -0.2) is 37.3 Å². The molecule has 0 spiro atoms. The summed E-state index contributed by atoms with van der Waals surface area (Å²) < 4.78 is 11.3. The summed E-state index contributed by atoms with van der Waals surface area (Å²) >= 11 is 5.90. The van der Waals surface area contributed by atoms with E-state index < -0.39 is 6.10 Å². The van der Waals surface area contributed by atoms with Gasteiger partial charge < -0.3 is 20.1 Å². The molecule has 6 heteroatoms. The summed E-state index contributed by atoms with van der Waals surface area (Å²) in [5.74, 6) is 0.480. The quantitative estimate of drug-likeness (QED) is 0.679. The lowest BCUT2D eigenvalue weighted by molar-refractivity contribution is -0.127. The molecule has 2 aromatic carbocycles. The normalized spacial score (nSPS) is 17.9. The van der Waals surface area contributed by atoms with Crippen LogP contribution in [0.2, 0.25) is 5.02 Å². The standard InChI is InChI=1S/C23H29ClN2O3/c1-17(19-6-4-3-5-7-19)26-23(12-14-28-15-13-23)16-25-22(27)18(2)29-21-10-8-20(24)9-11-21/h3-11,17-18,26H,12-16H2,1-2H3,(H,25,27). The smallest absolute Gasteiger partial charge is 0.260 e. The zero-order valence-corrected chi connectivity index (χ0v) is 17.7. The molecule has 2 N–H and O–H groups in total. The van der Waals surface area contributed by atoms with Crippen molar-refractivity contribution in [3.05, 3.63) is 65.2 Å². The zero-order valence-electron chi connectivity index (χ0n) is 17.0. The molecule has 2 aromatic rings. The molecular formula is C23H29ClN2O3. The minimum atomic E-state index is -0.598. The maximum absolute atomic E-state index is 12.6. The topological polar surface area (TPSA) is 59.6 Å². The minimum absolute atomic E-state index is 0.139. The molecular weight excluding hydrogens is 388 g/mol. The Morgan fingerprint density at radius 1 is 1.10 bits per heavy atom. The van der Waals surface area contributed by atoms with Gasteiger partial charge in [-0.05, 0) is 56.5 Å². The SMILES string of the molecule is CC(Oc1ccc(Cl)cc1)C(=O)NCC1(NC(C)c2ccccc2)CCOCC1. The van der Waals surface area contributed by atoms with Crippen LogP contribution < -0.4 is 15.4 Å². The lowest BCUT2D eigenvalue weighted by Gasteiger charge is -2.40. The first-order valence-corrected chi connectivity index (χ1v) is 10.5. The van der Waals surface area contributed by atoms with E-state index in [1.54, 1.807) is 31.2 Å². The van der Waals surface area contributed by atoms with Crippen LogP contribution in [0.1, 0.15) is 38.3 Å². The van der Waals surface area contributed by atoms with Crippen LogP contribution in [0.15, 0.2) is 54.6 Å². The van der Waals surface area contributed by atoms with E-state index in [0.29, 0.717) is 30.5 Å². The lowest BCUT2D eigenvalue weighted by Crippen LogP contribution is -2.58. The maximum Gasteiger partial charge on any atom is 0.260 e. The predicted molar refractivity (Wildman–Crippen MR) is 115 cm³/mol. The highest BCUT2D eigenvalue weighted by atomic mass is 35.5. The van der Waals surface area contributed by atoms with E-state index in [2.05, 4.69) is 29.7 Å². The number of nitrogens with one attached hydrogen (secondary N) is 2. The van der Waals surface area contributed by atoms with Crippen molar-refractivity contribution in [3.8, 4) is 5.75 Å². The summed E-state index contributed by atoms with van der Waals surface area (Å²) in [6, 6.07) is 17.5. The third-order valence-electron chi connectivity index (χ3n) is 5.37. The number of amides is 1. The number of ether oxygens (including phenoxy) is 2. The molecule has 1 saturated heterocycles. The minimum Gasteiger partial charge on any atom is -0.481 e. The fourth-order valence-corrected chi connectivity index (χ4v) is 3.72. The van der Waals surface area contributed by atoms with Crippen molar-refractivity contribution in [2.45, 2.75) is 44.4 Å². The van der Waals surface area contributed by atoms with Crippen molar-refractivity contribution in [1.82, 2.24) is 10.6 Å². The predicted octanol–water partition coefficient (Wildman–Crippen LogP) is 4.12. The van der Waals surface area contributed by atoms with Gasteiger partial charge in [0.1, 0.15) is 5.75 Å². The number of carbonyl (C=O) groups excluding carboxylic acids is 1. The number of carbonyl (C=O) groups is 1. The molecule has 0 radical (unpaired) electrons. The van der Waals surface area contributed by atoms with Gasteiger partial charge in [-0.2, -0.15) is 0 Å². The number of rotatable bonds is 8. The molecule has 3 rings (SSSR count). The highest BCUT2D eigenvalue weighted by Crippen LogP contribution is 2.25.